The van der Waals surface area contributed by atoms with Gasteiger partial charge in [0.15, 0.2) is 0 Å². The highest BCUT2D eigenvalue weighted by Gasteiger charge is 2.21. The molecule has 0 radical (unpaired) electrons. The molecule has 21 heavy (non-hydrogen) atoms. The van der Waals surface area contributed by atoms with Crippen molar-refractivity contribution in [3.05, 3.63) is 28.8 Å². The van der Waals surface area contributed by atoms with Crippen LogP contribution >= 0.6 is 11.6 Å². The Hall–Kier alpha value is -1.75. The van der Waals surface area contributed by atoms with E-state index in [0.717, 1.165) is 5.56 Å². The first kappa shape index (κ1) is 17.3. The van der Waals surface area contributed by atoms with Crippen molar-refractivity contribution >= 4 is 29.3 Å². The molecular weight excluding hydrogens is 292 g/mol. The minimum absolute atomic E-state index is 0.347. The first-order valence-electron chi connectivity index (χ1n) is 6.65. The van der Waals surface area contributed by atoms with Crippen LogP contribution in [0.1, 0.15) is 33.3 Å². The van der Waals surface area contributed by atoms with E-state index in [4.69, 9.17) is 16.3 Å². The van der Waals surface area contributed by atoms with Crippen LogP contribution in [0.25, 0.3) is 0 Å². The molecule has 0 aromatic heterocycles. The molecule has 1 aromatic rings. The molecule has 0 saturated heterocycles. The summed E-state index contributed by atoms with van der Waals surface area (Å²) in [6.07, 6.45) is -0.632. The van der Waals surface area contributed by atoms with E-state index in [9.17, 15) is 9.59 Å². The lowest BCUT2D eigenvalue weighted by atomic mass is 10.2. The molecular formula is C15H21ClN2O3. The third-order valence-electron chi connectivity index (χ3n) is 2.57. The van der Waals surface area contributed by atoms with Crippen molar-refractivity contribution in [3.8, 4) is 0 Å². The molecule has 1 rings (SSSR count). The largest absolute Gasteiger partial charge is 0.444 e. The Kier molecular flexibility index (Phi) is 5.61. The van der Waals surface area contributed by atoms with Gasteiger partial charge in [0.1, 0.15) is 11.6 Å². The van der Waals surface area contributed by atoms with E-state index in [2.05, 4.69) is 10.6 Å². The van der Waals surface area contributed by atoms with Crippen molar-refractivity contribution in [1.82, 2.24) is 5.32 Å². The number of hydrogen-bond donors (Lipinski definition) is 2. The first-order valence-corrected chi connectivity index (χ1v) is 7.03. The second kappa shape index (κ2) is 6.80. The maximum atomic E-state index is 12.0. The van der Waals surface area contributed by atoms with Crippen LogP contribution in [-0.4, -0.2) is 23.6 Å². The zero-order valence-corrected chi connectivity index (χ0v) is 13.7. The maximum Gasteiger partial charge on any atom is 0.408 e. The molecule has 5 nitrogen and oxygen atoms in total. The Bertz CT molecular complexity index is 538. The molecule has 2 N–H and O–H groups in total. The van der Waals surface area contributed by atoms with E-state index in [-0.39, 0.29) is 5.91 Å². The second-order valence-electron chi connectivity index (χ2n) is 5.82. The van der Waals surface area contributed by atoms with E-state index >= 15 is 0 Å². The van der Waals surface area contributed by atoms with Gasteiger partial charge < -0.3 is 15.4 Å². The van der Waals surface area contributed by atoms with Crippen LogP contribution in [0.5, 0.6) is 0 Å². The van der Waals surface area contributed by atoms with Gasteiger partial charge in [-0.2, -0.15) is 0 Å². The van der Waals surface area contributed by atoms with Crippen LogP contribution in [0.15, 0.2) is 18.2 Å². The highest BCUT2D eigenvalue weighted by atomic mass is 35.5. The summed E-state index contributed by atoms with van der Waals surface area (Å²) in [5.74, 6) is -0.347. The number of amides is 2. The predicted octanol–water partition coefficient (Wildman–Crippen LogP) is 3.50. The minimum Gasteiger partial charge on any atom is -0.444 e. The smallest absolute Gasteiger partial charge is 0.408 e. The number of alkyl carbamates (subject to hydrolysis) is 1. The summed E-state index contributed by atoms with van der Waals surface area (Å²) in [4.78, 5) is 23.6. The predicted molar refractivity (Wildman–Crippen MR) is 83.7 cm³/mol. The summed E-state index contributed by atoms with van der Waals surface area (Å²) >= 11 is 5.99. The first-order chi connectivity index (χ1) is 9.58. The Morgan fingerprint density at radius 1 is 1.29 bits per heavy atom. The number of rotatable bonds is 3. The summed E-state index contributed by atoms with van der Waals surface area (Å²) in [6, 6.07) is 4.50. The standard InChI is InChI=1S/C15H21ClN2O3/c1-9-6-7-11(8-12(9)16)18-13(19)10(2)17-14(20)21-15(3,4)5/h6-8,10H,1-5H3,(H,17,20)(H,18,19). The zero-order chi connectivity index (χ0) is 16.2. The number of aryl methyl sites for hydroxylation is 1. The van der Waals surface area contributed by atoms with Crippen molar-refractivity contribution in [2.24, 2.45) is 0 Å². The van der Waals surface area contributed by atoms with Crippen molar-refractivity contribution in [2.45, 2.75) is 46.3 Å². The van der Waals surface area contributed by atoms with Crippen molar-refractivity contribution < 1.29 is 14.3 Å². The Balaban J connectivity index is 2.58. The van der Waals surface area contributed by atoms with Gasteiger partial charge in [0.05, 0.1) is 0 Å². The normalized spacial score (nSPS) is 12.5. The Morgan fingerprint density at radius 2 is 1.90 bits per heavy atom. The lowest BCUT2D eigenvalue weighted by Gasteiger charge is -2.21. The average Bonchev–Trinajstić information content (AvgIpc) is 2.31. The molecule has 0 aliphatic carbocycles. The molecule has 1 unspecified atom stereocenters. The molecule has 0 bridgehead atoms. The molecule has 2 amide bonds. The lowest BCUT2D eigenvalue weighted by molar-refractivity contribution is -0.117. The van der Waals surface area contributed by atoms with Crippen LogP contribution in [0, 0.1) is 6.92 Å². The van der Waals surface area contributed by atoms with E-state index in [1.54, 1.807) is 39.8 Å². The van der Waals surface area contributed by atoms with Crippen molar-refractivity contribution in [2.75, 3.05) is 5.32 Å². The number of hydrogen-bond acceptors (Lipinski definition) is 3. The number of anilines is 1. The number of carbonyl (C=O) groups excluding carboxylic acids is 2. The van der Waals surface area contributed by atoms with Gasteiger partial charge in [0, 0.05) is 10.7 Å². The molecule has 1 aromatic carbocycles. The SMILES string of the molecule is Cc1ccc(NC(=O)C(C)NC(=O)OC(C)(C)C)cc1Cl. The summed E-state index contributed by atoms with van der Waals surface area (Å²) < 4.78 is 5.09. The summed E-state index contributed by atoms with van der Waals surface area (Å²) in [5, 5.41) is 5.73. The molecule has 0 spiro atoms. The lowest BCUT2D eigenvalue weighted by Crippen LogP contribution is -2.43. The van der Waals surface area contributed by atoms with Crippen LogP contribution < -0.4 is 10.6 Å². The van der Waals surface area contributed by atoms with Crippen LogP contribution in [-0.2, 0) is 9.53 Å². The third kappa shape index (κ3) is 6.04. The monoisotopic (exact) mass is 312 g/mol. The highest BCUT2D eigenvalue weighted by molar-refractivity contribution is 6.31. The number of nitrogens with one attached hydrogen (secondary N) is 2. The van der Waals surface area contributed by atoms with E-state index in [1.165, 1.54) is 0 Å². The number of halogens is 1. The highest BCUT2D eigenvalue weighted by Crippen LogP contribution is 2.20. The van der Waals surface area contributed by atoms with Crippen LogP contribution in [0.2, 0.25) is 5.02 Å². The topological polar surface area (TPSA) is 67.4 Å². The van der Waals surface area contributed by atoms with Gasteiger partial charge in [0.25, 0.3) is 0 Å². The number of carbonyl (C=O) groups is 2. The fraction of sp³-hybridized carbons (Fsp3) is 0.467. The second-order valence-corrected chi connectivity index (χ2v) is 6.23. The van der Waals surface area contributed by atoms with Crippen LogP contribution in [0.4, 0.5) is 10.5 Å². The average molecular weight is 313 g/mol. The molecule has 0 saturated carbocycles. The van der Waals surface area contributed by atoms with E-state index in [0.29, 0.717) is 10.7 Å². The summed E-state index contributed by atoms with van der Waals surface area (Å²) in [7, 11) is 0. The van der Waals surface area contributed by atoms with Crippen LogP contribution in [0.3, 0.4) is 0 Å². The fourth-order valence-electron chi connectivity index (χ4n) is 1.47. The molecule has 6 heteroatoms. The molecule has 0 aliphatic heterocycles. The minimum atomic E-state index is -0.722. The summed E-state index contributed by atoms with van der Waals surface area (Å²) in [5.41, 5.74) is 0.896. The maximum absolute atomic E-state index is 12.0. The van der Waals surface area contributed by atoms with Crippen molar-refractivity contribution in [1.29, 1.82) is 0 Å². The summed E-state index contributed by atoms with van der Waals surface area (Å²) in [6.45, 7) is 8.72. The zero-order valence-electron chi connectivity index (χ0n) is 12.9. The molecule has 0 fully saturated rings. The number of benzene rings is 1. The molecule has 1 atom stereocenters. The van der Waals surface area contributed by atoms with E-state index < -0.39 is 17.7 Å². The molecule has 0 heterocycles. The quantitative estimate of drug-likeness (QED) is 0.897. The van der Waals surface area contributed by atoms with E-state index in [1.807, 2.05) is 13.0 Å². The number of ether oxygens (including phenoxy) is 1. The Morgan fingerprint density at radius 3 is 2.43 bits per heavy atom. The Labute approximate surface area is 130 Å². The van der Waals surface area contributed by atoms with Gasteiger partial charge in [-0.15, -0.1) is 0 Å². The van der Waals surface area contributed by atoms with Gasteiger partial charge >= 0.3 is 6.09 Å². The molecule has 116 valence electrons. The van der Waals surface area contributed by atoms with Gasteiger partial charge in [-0.05, 0) is 52.3 Å². The fourth-order valence-corrected chi connectivity index (χ4v) is 1.65. The van der Waals surface area contributed by atoms with Gasteiger partial charge in [-0.1, -0.05) is 17.7 Å². The third-order valence-corrected chi connectivity index (χ3v) is 2.97. The van der Waals surface area contributed by atoms with Crippen molar-refractivity contribution in [3.63, 3.8) is 0 Å². The molecule has 0 aliphatic rings. The van der Waals surface area contributed by atoms with Gasteiger partial charge in [0.2, 0.25) is 5.91 Å². The van der Waals surface area contributed by atoms with Gasteiger partial charge in [-0.25, -0.2) is 4.79 Å². The van der Waals surface area contributed by atoms with Gasteiger partial charge in [-0.3, -0.25) is 4.79 Å².